The molecule has 1 heterocycles. The fourth-order valence-corrected chi connectivity index (χ4v) is 3.26. The second kappa shape index (κ2) is 5.51. The van der Waals surface area contributed by atoms with E-state index in [0.29, 0.717) is 5.02 Å². The molecule has 1 aliphatic rings. The Kier molecular flexibility index (Phi) is 3.72. The minimum Gasteiger partial charge on any atom is -0.255 e. The molecule has 0 saturated carbocycles. The quantitative estimate of drug-likeness (QED) is 0.714. The number of alkyl halides is 1. The first-order chi connectivity index (χ1) is 9.72. The van der Waals surface area contributed by atoms with Gasteiger partial charge in [0.2, 0.25) is 0 Å². The van der Waals surface area contributed by atoms with Crippen LogP contribution in [0.2, 0.25) is 5.02 Å². The third-order valence-electron chi connectivity index (χ3n) is 3.39. The molecule has 100 valence electrons. The van der Waals surface area contributed by atoms with Crippen LogP contribution in [0.25, 0.3) is 0 Å². The average molecular weight is 348 g/mol. The molecule has 2 aromatic carbocycles. The van der Waals surface area contributed by atoms with E-state index < -0.39 is 5.54 Å². The Morgan fingerprint density at radius 1 is 1.00 bits per heavy atom. The summed E-state index contributed by atoms with van der Waals surface area (Å²) in [4.78, 5) is 8.82. The number of rotatable bonds is 3. The van der Waals surface area contributed by atoms with Crippen LogP contribution in [0.4, 0.5) is 0 Å². The van der Waals surface area contributed by atoms with Crippen molar-refractivity contribution in [2.75, 3.05) is 0 Å². The third-order valence-corrected chi connectivity index (χ3v) is 4.87. The van der Waals surface area contributed by atoms with Crippen molar-refractivity contribution in [3.63, 3.8) is 0 Å². The highest BCUT2D eigenvalue weighted by Crippen LogP contribution is 2.44. The Morgan fingerprint density at radius 3 is 2.30 bits per heavy atom. The largest absolute Gasteiger partial charge is 0.255 e. The highest BCUT2D eigenvalue weighted by Gasteiger charge is 2.39. The summed E-state index contributed by atoms with van der Waals surface area (Å²) in [6.07, 6.45) is 3.48. The van der Waals surface area contributed by atoms with Crippen molar-refractivity contribution in [3.8, 4) is 0 Å². The van der Waals surface area contributed by atoms with E-state index in [1.54, 1.807) is 6.34 Å². The van der Waals surface area contributed by atoms with Crippen LogP contribution < -0.4 is 0 Å². The van der Waals surface area contributed by atoms with E-state index in [9.17, 15) is 0 Å². The van der Waals surface area contributed by atoms with Crippen LogP contribution >= 0.6 is 27.5 Å². The van der Waals surface area contributed by atoms with Crippen LogP contribution in [0.5, 0.6) is 0 Å². The van der Waals surface area contributed by atoms with Gasteiger partial charge in [0.05, 0.1) is 4.83 Å². The van der Waals surface area contributed by atoms with Gasteiger partial charge in [0.1, 0.15) is 11.9 Å². The molecule has 1 aliphatic heterocycles. The van der Waals surface area contributed by atoms with Gasteiger partial charge < -0.3 is 0 Å². The molecule has 0 amide bonds. The average Bonchev–Trinajstić information content (AvgIpc) is 2.99. The van der Waals surface area contributed by atoms with Gasteiger partial charge in [-0.3, -0.25) is 4.99 Å². The summed E-state index contributed by atoms with van der Waals surface area (Å²) in [5.74, 6) is 0. The molecule has 20 heavy (non-hydrogen) atoms. The summed E-state index contributed by atoms with van der Waals surface area (Å²) in [5.41, 5.74) is 1.70. The van der Waals surface area contributed by atoms with Crippen molar-refractivity contribution in [1.82, 2.24) is 0 Å². The number of hydrogen-bond donors (Lipinski definition) is 0. The summed E-state index contributed by atoms with van der Waals surface area (Å²) in [7, 11) is 0. The van der Waals surface area contributed by atoms with Gasteiger partial charge in [-0.05, 0) is 23.3 Å². The molecule has 2 atom stereocenters. The number of nitrogens with zero attached hydrogens (tertiary/aromatic N) is 2. The monoisotopic (exact) mass is 346 g/mol. The number of aliphatic imine (C=N–C) groups is 2. The van der Waals surface area contributed by atoms with Crippen molar-refractivity contribution >= 4 is 40.1 Å². The van der Waals surface area contributed by atoms with Crippen molar-refractivity contribution < 1.29 is 0 Å². The van der Waals surface area contributed by atoms with Crippen molar-refractivity contribution in [3.05, 3.63) is 70.7 Å². The minimum absolute atomic E-state index is 0.0138. The molecule has 2 unspecified atom stereocenters. The van der Waals surface area contributed by atoms with E-state index in [1.807, 2.05) is 48.7 Å². The molecule has 0 N–H and O–H groups in total. The molecule has 0 bridgehead atoms. The SMILES string of the molecule is Clc1ccc(C2(C(Br)c3ccccc3)C=NC=N2)cc1. The van der Waals surface area contributed by atoms with Gasteiger partial charge in [-0.25, -0.2) is 4.99 Å². The van der Waals surface area contributed by atoms with Gasteiger partial charge in [-0.15, -0.1) is 0 Å². The molecular weight excluding hydrogens is 336 g/mol. The van der Waals surface area contributed by atoms with Gasteiger partial charge in [0.15, 0.2) is 0 Å². The lowest BCUT2D eigenvalue weighted by molar-refractivity contribution is 0.622. The molecule has 4 heteroatoms. The second-order valence-electron chi connectivity index (χ2n) is 4.63. The van der Waals surface area contributed by atoms with E-state index in [2.05, 4.69) is 38.0 Å². The van der Waals surface area contributed by atoms with Crippen molar-refractivity contribution in [1.29, 1.82) is 0 Å². The standard InChI is InChI=1S/C16H12BrClN2/c17-15(12-4-2-1-3-5-12)16(10-19-11-20-16)13-6-8-14(18)9-7-13/h1-11,15H. The first-order valence-electron chi connectivity index (χ1n) is 6.25. The summed E-state index contributed by atoms with van der Waals surface area (Å²) in [6, 6.07) is 18.0. The molecule has 0 aliphatic carbocycles. The lowest BCUT2D eigenvalue weighted by Crippen LogP contribution is -2.28. The number of halogens is 2. The summed E-state index contributed by atoms with van der Waals surface area (Å²) in [6.45, 7) is 0. The molecule has 0 radical (unpaired) electrons. The van der Waals surface area contributed by atoms with Gasteiger partial charge in [-0.1, -0.05) is 70.0 Å². The molecule has 0 saturated heterocycles. The van der Waals surface area contributed by atoms with Crippen molar-refractivity contribution in [2.24, 2.45) is 9.98 Å². The minimum atomic E-state index is -0.522. The highest BCUT2D eigenvalue weighted by molar-refractivity contribution is 9.09. The molecule has 3 rings (SSSR count). The third kappa shape index (κ3) is 2.32. The van der Waals surface area contributed by atoms with Crippen molar-refractivity contribution in [2.45, 2.75) is 10.4 Å². The summed E-state index contributed by atoms with van der Waals surface area (Å²) in [5, 5.41) is 0.716. The van der Waals surface area contributed by atoms with Crippen LogP contribution in [0.3, 0.4) is 0 Å². The first-order valence-corrected chi connectivity index (χ1v) is 7.55. The Bertz CT molecular complexity index is 638. The fourth-order valence-electron chi connectivity index (χ4n) is 2.33. The van der Waals surface area contributed by atoms with E-state index in [4.69, 9.17) is 11.6 Å². The summed E-state index contributed by atoms with van der Waals surface area (Å²) < 4.78 is 0. The smallest absolute Gasteiger partial charge is 0.139 e. The van der Waals surface area contributed by atoms with E-state index >= 15 is 0 Å². The van der Waals surface area contributed by atoms with Crippen LogP contribution in [0.1, 0.15) is 16.0 Å². The maximum atomic E-state index is 5.98. The molecule has 2 nitrogen and oxygen atoms in total. The number of benzene rings is 2. The maximum Gasteiger partial charge on any atom is 0.139 e. The van der Waals surface area contributed by atoms with Gasteiger partial charge in [0, 0.05) is 11.2 Å². The fraction of sp³-hybridized carbons (Fsp3) is 0.125. The van der Waals surface area contributed by atoms with E-state index in [-0.39, 0.29) is 4.83 Å². The number of hydrogen-bond acceptors (Lipinski definition) is 2. The molecule has 0 aromatic heterocycles. The normalized spacial score (nSPS) is 22.1. The second-order valence-corrected chi connectivity index (χ2v) is 5.98. The Hall–Kier alpha value is -1.45. The van der Waals surface area contributed by atoms with Crippen LogP contribution in [0, 0.1) is 0 Å². The van der Waals surface area contributed by atoms with Gasteiger partial charge >= 0.3 is 0 Å². The Balaban J connectivity index is 2.07. The zero-order chi connectivity index (χ0) is 14.0. The van der Waals surface area contributed by atoms with Crippen LogP contribution in [-0.4, -0.2) is 12.6 Å². The molecular formula is C16H12BrClN2. The zero-order valence-electron chi connectivity index (χ0n) is 10.6. The zero-order valence-corrected chi connectivity index (χ0v) is 12.9. The predicted molar refractivity (Wildman–Crippen MR) is 88.2 cm³/mol. The van der Waals surface area contributed by atoms with Gasteiger partial charge in [-0.2, -0.15) is 0 Å². The van der Waals surface area contributed by atoms with Gasteiger partial charge in [0.25, 0.3) is 0 Å². The first kappa shape index (κ1) is 13.5. The molecule has 0 fully saturated rings. The predicted octanol–water partition coefficient (Wildman–Crippen LogP) is 4.78. The molecule has 0 spiro atoms. The van der Waals surface area contributed by atoms with E-state index in [1.165, 1.54) is 0 Å². The van der Waals surface area contributed by atoms with Crippen LogP contribution in [-0.2, 0) is 5.54 Å². The molecule has 2 aromatic rings. The Labute approximate surface area is 131 Å². The lowest BCUT2D eigenvalue weighted by atomic mass is 9.85. The summed E-state index contributed by atoms with van der Waals surface area (Å²) >= 11 is 9.76. The van der Waals surface area contributed by atoms with Crippen LogP contribution in [0.15, 0.2) is 64.6 Å². The Morgan fingerprint density at radius 2 is 1.70 bits per heavy atom. The maximum absolute atomic E-state index is 5.98. The van der Waals surface area contributed by atoms with E-state index in [0.717, 1.165) is 11.1 Å². The highest BCUT2D eigenvalue weighted by atomic mass is 79.9. The topological polar surface area (TPSA) is 24.7 Å². The lowest BCUT2D eigenvalue weighted by Gasteiger charge is -2.29.